The molecule has 0 amide bonds. The van der Waals surface area contributed by atoms with E-state index in [2.05, 4.69) is 15.9 Å². The molecule has 0 spiro atoms. The molecule has 0 radical (unpaired) electrons. The van der Waals surface area contributed by atoms with Crippen molar-refractivity contribution in [1.29, 1.82) is 0 Å². The normalized spacial score (nSPS) is 13.6. The first kappa shape index (κ1) is 17.0. The van der Waals surface area contributed by atoms with Gasteiger partial charge in [-0.1, -0.05) is 11.6 Å². The van der Waals surface area contributed by atoms with Crippen molar-refractivity contribution >= 4 is 48.9 Å². The summed E-state index contributed by atoms with van der Waals surface area (Å²) in [5.41, 5.74) is 0. The maximum Gasteiger partial charge on any atom is 0.243 e. The van der Waals surface area contributed by atoms with Gasteiger partial charge in [0.05, 0.1) is 16.0 Å². The zero-order valence-electron chi connectivity index (χ0n) is 11.8. The number of benzene rings is 1. The molecule has 0 aliphatic carbocycles. The van der Waals surface area contributed by atoms with E-state index in [4.69, 9.17) is 11.6 Å². The monoisotopic (exact) mass is 407 g/mol. The van der Waals surface area contributed by atoms with Gasteiger partial charge in [0, 0.05) is 21.3 Å². The highest BCUT2D eigenvalue weighted by molar-refractivity contribution is 9.10. The maximum atomic E-state index is 12.7. The van der Waals surface area contributed by atoms with E-state index in [0.29, 0.717) is 9.50 Å². The van der Waals surface area contributed by atoms with E-state index in [-0.39, 0.29) is 10.9 Å². The first-order valence-electron chi connectivity index (χ1n) is 6.23. The number of rotatable bonds is 4. The van der Waals surface area contributed by atoms with Crippen LogP contribution in [0.25, 0.3) is 0 Å². The van der Waals surface area contributed by atoms with Crippen LogP contribution in [-0.2, 0) is 10.0 Å². The summed E-state index contributed by atoms with van der Waals surface area (Å²) >= 11 is 10.8. The lowest BCUT2D eigenvalue weighted by Gasteiger charge is -2.23. The number of halogens is 2. The third-order valence-electron chi connectivity index (χ3n) is 3.29. The molecule has 1 heterocycles. The Morgan fingerprint density at radius 3 is 2.48 bits per heavy atom. The number of thiophene rings is 1. The van der Waals surface area contributed by atoms with Gasteiger partial charge in [-0.25, -0.2) is 8.42 Å². The summed E-state index contributed by atoms with van der Waals surface area (Å²) in [5.74, 6) is 0. The molecular formula is C14H15BrClNO2S2. The van der Waals surface area contributed by atoms with Gasteiger partial charge in [0.25, 0.3) is 0 Å². The predicted octanol–water partition coefficient (Wildman–Crippen LogP) is 4.85. The number of nitrogens with zero attached hydrogens (tertiary/aromatic N) is 1. The van der Waals surface area contributed by atoms with Gasteiger partial charge in [0.15, 0.2) is 0 Å². The van der Waals surface area contributed by atoms with Gasteiger partial charge in [0.2, 0.25) is 10.0 Å². The molecular weight excluding hydrogens is 394 g/mol. The van der Waals surface area contributed by atoms with E-state index >= 15 is 0 Å². The number of aryl methyl sites for hydroxylation is 1. The Balaban J connectivity index is 2.36. The smallest absolute Gasteiger partial charge is 0.207 e. The SMILES string of the molecule is Cc1ccc(C(C)N(C)S(=O)(=O)c2ccc(Cl)c(Br)c2)s1. The Hall–Kier alpha value is -0.400. The van der Waals surface area contributed by atoms with Crippen LogP contribution < -0.4 is 0 Å². The minimum absolute atomic E-state index is 0.219. The van der Waals surface area contributed by atoms with Crippen LogP contribution in [0.2, 0.25) is 5.02 Å². The molecule has 1 aromatic carbocycles. The molecule has 3 nitrogen and oxygen atoms in total. The molecule has 0 saturated heterocycles. The van der Waals surface area contributed by atoms with Crippen LogP contribution in [0.15, 0.2) is 39.7 Å². The summed E-state index contributed by atoms with van der Waals surface area (Å²) in [6.07, 6.45) is 0. The number of hydrogen-bond acceptors (Lipinski definition) is 3. The summed E-state index contributed by atoms with van der Waals surface area (Å²) in [7, 11) is -1.97. The molecule has 2 aromatic rings. The van der Waals surface area contributed by atoms with Crippen LogP contribution in [0.5, 0.6) is 0 Å². The van der Waals surface area contributed by atoms with Crippen LogP contribution in [0.1, 0.15) is 22.7 Å². The highest BCUT2D eigenvalue weighted by Crippen LogP contribution is 2.32. The van der Waals surface area contributed by atoms with E-state index < -0.39 is 10.0 Å². The molecule has 1 aromatic heterocycles. The van der Waals surface area contributed by atoms with E-state index in [1.54, 1.807) is 24.5 Å². The van der Waals surface area contributed by atoms with Gasteiger partial charge in [-0.05, 0) is 60.1 Å². The Morgan fingerprint density at radius 1 is 1.29 bits per heavy atom. The fraction of sp³-hybridized carbons (Fsp3) is 0.286. The molecule has 1 atom stereocenters. The standard InChI is InChI=1S/C14H15BrClNO2S2/c1-9-4-7-14(20-9)10(2)17(3)21(18,19)11-5-6-13(16)12(15)8-11/h4-8,10H,1-3H3. The van der Waals surface area contributed by atoms with Gasteiger partial charge >= 0.3 is 0 Å². The van der Waals surface area contributed by atoms with Gasteiger partial charge in [-0.15, -0.1) is 11.3 Å². The lowest BCUT2D eigenvalue weighted by Crippen LogP contribution is -2.29. The van der Waals surface area contributed by atoms with Crippen LogP contribution in [0.3, 0.4) is 0 Å². The molecule has 114 valence electrons. The Labute approximate surface area is 142 Å². The van der Waals surface area contributed by atoms with Gasteiger partial charge in [-0.2, -0.15) is 4.31 Å². The molecule has 21 heavy (non-hydrogen) atoms. The van der Waals surface area contributed by atoms with Crippen molar-refractivity contribution < 1.29 is 8.42 Å². The van der Waals surface area contributed by atoms with E-state index in [1.165, 1.54) is 16.4 Å². The third-order valence-corrected chi connectivity index (χ3v) is 7.60. The fourth-order valence-corrected chi connectivity index (χ4v) is 4.93. The topological polar surface area (TPSA) is 37.4 Å². The minimum atomic E-state index is -3.57. The molecule has 0 aliphatic heterocycles. The average Bonchev–Trinajstić information content (AvgIpc) is 2.86. The molecule has 0 fully saturated rings. The second-order valence-corrected chi connectivity index (χ2v) is 9.30. The van der Waals surface area contributed by atoms with Crippen molar-refractivity contribution in [1.82, 2.24) is 4.31 Å². The quantitative estimate of drug-likeness (QED) is 0.725. The van der Waals surface area contributed by atoms with Gasteiger partial charge < -0.3 is 0 Å². The summed E-state index contributed by atoms with van der Waals surface area (Å²) in [4.78, 5) is 2.41. The molecule has 2 rings (SSSR count). The van der Waals surface area contributed by atoms with Crippen molar-refractivity contribution in [2.24, 2.45) is 0 Å². The number of sulfonamides is 1. The summed E-state index contributed by atoms with van der Waals surface area (Å²) in [6.45, 7) is 3.89. The van der Waals surface area contributed by atoms with Crippen molar-refractivity contribution in [3.05, 3.63) is 49.6 Å². The molecule has 0 aliphatic rings. The minimum Gasteiger partial charge on any atom is -0.207 e. The van der Waals surface area contributed by atoms with Crippen molar-refractivity contribution in [2.45, 2.75) is 24.8 Å². The van der Waals surface area contributed by atoms with Gasteiger partial charge in [-0.3, -0.25) is 0 Å². The molecule has 0 saturated carbocycles. The summed E-state index contributed by atoms with van der Waals surface area (Å²) in [6, 6.07) is 8.37. The van der Waals surface area contributed by atoms with Crippen molar-refractivity contribution in [3.63, 3.8) is 0 Å². The fourth-order valence-electron chi connectivity index (χ4n) is 1.87. The Bertz CT molecular complexity index is 758. The first-order valence-corrected chi connectivity index (χ1v) is 9.65. The summed E-state index contributed by atoms with van der Waals surface area (Å²) < 4.78 is 27.3. The lowest BCUT2D eigenvalue weighted by molar-refractivity contribution is 0.403. The van der Waals surface area contributed by atoms with E-state index in [0.717, 1.165) is 9.75 Å². The molecule has 1 unspecified atom stereocenters. The predicted molar refractivity (Wildman–Crippen MR) is 91.6 cm³/mol. The zero-order valence-corrected chi connectivity index (χ0v) is 15.8. The number of hydrogen-bond donors (Lipinski definition) is 0. The average molecular weight is 409 g/mol. The lowest BCUT2D eigenvalue weighted by atomic mass is 10.3. The maximum absolute atomic E-state index is 12.7. The van der Waals surface area contributed by atoms with Crippen LogP contribution in [-0.4, -0.2) is 19.8 Å². The van der Waals surface area contributed by atoms with Crippen molar-refractivity contribution in [2.75, 3.05) is 7.05 Å². The van der Waals surface area contributed by atoms with Crippen LogP contribution in [0.4, 0.5) is 0 Å². The van der Waals surface area contributed by atoms with E-state index in [1.807, 2.05) is 26.0 Å². The summed E-state index contributed by atoms with van der Waals surface area (Å²) in [5, 5.41) is 0.485. The third kappa shape index (κ3) is 3.51. The molecule has 7 heteroatoms. The van der Waals surface area contributed by atoms with Crippen molar-refractivity contribution in [3.8, 4) is 0 Å². The first-order chi connectivity index (χ1) is 9.73. The Kier molecular flexibility index (Phi) is 5.15. The zero-order chi connectivity index (χ0) is 15.8. The molecule has 0 N–H and O–H groups in total. The second kappa shape index (κ2) is 6.38. The second-order valence-electron chi connectivity index (χ2n) is 4.72. The molecule has 0 bridgehead atoms. The highest BCUT2D eigenvalue weighted by atomic mass is 79.9. The van der Waals surface area contributed by atoms with Crippen LogP contribution >= 0.6 is 38.9 Å². The van der Waals surface area contributed by atoms with Crippen LogP contribution in [0, 0.1) is 6.92 Å². The largest absolute Gasteiger partial charge is 0.243 e. The van der Waals surface area contributed by atoms with Gasteiger partial charge in [0.1, 0.15) is 0 Å². The Morgan fingerprint density at radius 2 is 1.95 bits per heavy atom. The highest BCUT2D eigenvalue weighted by Gasteiger charge is 2.27. The van der Waals surface area contributed by atoms with E-state index in [9.17, 15) is 8.42 Å².